The van der Waals surface area contributed by atoms with Crippen LogP contribution in [0.1, 0.15) is 56.9 Å². The van der Waals surface area contributed by atoms with E-state index in [0.717, 1.165) is 42.9 Å². The summed E-state index contributed by atoms with van der Waals surface area (Å²) in [7, 11) is 1.72. The number of ether oxygens (including phenoxy) is 1. The van der Waals surface area contributed by atoms with Crippen molar-refractivity contribution in [1.29, 1.82) is 0 Å². The quantitative estimate of drug-likeness (QED) is 0.800. The third-order valence-electron chi connectivity index (χ3n) is 8.01. The molecule has 0 spiro atoms. The number of likely N-dealkylation sites (tertiary alicyclic amines) is 1. The highest BCUT2D eigenvalue weighted by Crippen LogP contribution is 2.57. The molecule has 3 heteroatoms. The van der Waals surface area contributed by atoms with Gasteiger partial charge in [-0.3, -0.25) is 4.79 Å². The van der Waals surface area contributed by atoms with Gasteiger partial charge in [0.15, 0.2) is 0 Å². The van der Waals surface area contributed by atoms with Gasteiger partial charge in [-0.15, -0.1) is 0 Å². The van der Waals surface area contributed by atoms with Gasteiger partial charge in [0.05, 0.1) is 7.11 Å². The van der Waals surface area contributed by atoms with Gasteiger partial charge >= 0.3 is 0 Å². The van der Waals surface area contributed by atoms with Crippen LogP contribution in [-0.2, 0) is 11.2 Å². The topological polar surface area (TPSA) is 29.5 Å². The maximum absolute atomic E-state index is 13.4. The summed E-state index contributed by atoms with van der Waals surface area (Å²) in [6, 6.07) is 8.18. The minimum atomic E-state index is 0.138. The molecule has 4 aliphatic rings. The number of rotatable bonds is 4. The number of carbonyl (C=O) groups is 1. The fourth-order valence-corrected chi connectivity index (χ4v) is 7.01. The molecule has 5 unspecified atom stereocenters. The van der Waals surface area contributed by atoms with E-state index in [1.165, 1.54) is 50.5 Å². The van der Waals surface area contributed by atoms with E-state index in [1.54, 1.807) is 7.11 Å². The van der Waals surface area contributed by atoms with Gasteiger partial charge < -0.3 is 9.64 Å². The minimum Gasteiger partial charge on any atom is -0.496 e. The lowest BCUT2D eigenvalue weighted by Gasteiger charge is -2.47. The zero-order valence-corrected chi connectivity index (χ0v) is 16.0. The Morgan fingerprint density at radius 3 is 2.88 bits per heavy atom. The molecule has 1 aromatic carbocycles. The summed E-state index contributed by atoms with van der Waals surface area (Å²) in [5.74, 6) is 4.24. The number of fused-ring (bicyclic) bond motifs is 2. The standard InChI is InChI=1S/C23H31NO2/c1-26-21-7-3-2-5-18(21)13-19-8-10-24(22(19)25)23-9-4-6-17-11-16(14-23)12-20(17)15-23/h2-3,5,7,16-17,19-20H,4,6,8-15H2,1H3. The Hall–Kier alpha value is -1.51. The molecule has 140 valence electrons. The number of hydrogen-bond donors (Lipinski definition) is 0. The molecule has 1 aliphatic heterocycles. The van der Waals surface area contributed by atoms with Crippen molar-refractivity contribution in [3.8, 4) is 5.75 Å². The van der Waals surface area contributed by atoms with Gasteiger partial charge in [0, 0.05) is 18.0 Å². The van der Waals surface area contributed by atoms with Crippen LogP contribution < -0.4 is 4.74 Å². The lowest BCUT2D eigenvalue weighted by Crippen LogP contribution is -2.53. The van der Waals surface area contributed by atoms with E-state index in [-0.39, 0.29) is 11.5 Å². The predicted octanol–water partition coefficient (Wildman–Crippen LogP) is 4.45. The monoisotopic (exact) mass is 353 g/mol. The molecule has 1 amide bonds. The van der Waals surface area contributed by atoms with Crippen molar-refractivity contribution in [3.05, 3.63) is 29.8 Å². The van der Waals surface area contributed by atoms with Gasteiger partial charge in [0.1, 0.15) is 5.75 Å². The molecular formula is C23H31NO2. The molecule has 0 N–H and O–H groups in total. The van der Waals surface area contributed by atoms with Gasteiger partial charge in [-0.05, 0) is 74.3 Å². The fraction of sp³-hybridized carbons (Fsp3) is 0.696. The molecular weight excluding hydrogens is 322 g/mol. The smallest absolute Gasteiger partial charge is 0.226 e. The molecule has 5 atom stereocenters. The highest BCUT2D eigenvalue weighted by Gasteiger charge is 2.54. The second kappa shape index (κ2) is 6.28. The van der Waals surface area contributed by atoms with E-state index < -0.39 is 0 Å². The van der Waals surface area contributed by atoms with Crippen molar-refractivity contribution in [2.24, 2.45) is 23.7 Å². The summed E-state index contributed by atoms with van der Waals surface area (Å²) in [4.78, 5) is 15.8. The largest absolute Gasteiger partial charge is 0.496 e. The number of para-hydroxylation sites is 1. The Morgan fingerprint density at radius 2 is 2.00 bits per heavy atom. The third kappa shape index (κ3) is 2.58. The molecule has 3 saturated carbocycles. The van der Waals surface area contributed by atoms with Crippen LogP contribution >= 0.6 is 0 Å². The average molecular weight is 354 g/mol. The van der Waals surface area contributed by atoms with Crippen molar-refractivity contribution in [2.45, 2.75) is 63.3 Å². The Labute approximate surface area is 157 Å². The van der Waals surface area contributed by atoms with E-state index in [0.29, 0.717) is 5.91 Å². The first-order chi connectivity index (χ1) is 12.7. The highest BCUT2D eigenvalue weighted by molar-refractivity contribution is 5.82. The molecule has 0 aromatic heterocycles. The van der Waals surface area contributed by atoms with Gasteiger partial charge in [0.2, 0.25) is 5.91 Å². The van der Waals surface area contributed by atoms with Gasteiger partial charge in [-0.25, -0.2) is 0 Å². The molecule has 1 heterocycles. The summed E-state index contributed by atoms with van der Waals surface area (Å²) in [5.41, 5.74) is 1.38. The van der Waals surface area contributed by atoms with Gasteiger partial charge in [0.25, 0.3) is 0 Å². The van der Waals surface area contributed by atoms with Crippen LogP contribution in [0, 0.1) is 23.7 Å². The summed E-state index contributed by atoms with van der Waals surface area (Å²) >= 11 is 0. The van der Waals surface area contributed by atoms with E-state index >= 15 is 0 Å². The van der Waals surface area contributed by atoms with E-state index in [4.69, 9.17) is 4.74 Å². The molecule has 5 rings (SSSR count). The first-order valence-corrected chi connectivity index (χ1v) is 10.6. The fourth-order valence-electron chi connectivity index (χ4n) is 7.01. The van der Waals surface area contributed by atoms with Crippen molar-refractivity contribution in [3.63, 3.8) is 0 Å². The minimum absolute atomic E-state index is 0.138. The predicted molar refractivity (Wildman–Crippen MR) is 102 cm³/mol. The van der Waals surface area contributed by atoms with Crippen LogP contribution in [0.4, 0.5) is 0 Å². The Morgan fingerprint density at radius 1 is 1.15 bits per heavy atom. The summed E-state index contributed by atoms with van der Waals surface area (Å²) < 4.78 is 5.51. The number of amides is 1. The molecule has 3 bridgehead atoms. The van der Waals surface area contributed by atoms with Crippen LogP contribution in [0.5, 0.6) is 5.75 Å². The van der Waals surface area contributed by atoms with Gasteiger partial charge in [-0.1, -0.05) is 31.0 Å². The number of benzene rings is 1. The third-order valence-corrected chi connectivity index (χ3v) is 8.01. The second-order valence-corrected chi connectivity index (χ2v) is 9.37. The molecule has 4 fully saturated rings. The number of carbonyl (C=O) groups excluding carboxylic acids is 1. The molecule has 3 aliphatic carbocycles. The Balaban J connectivity index is 1.36. The first-order valence-electron chi connectivity index (χ1n) is 10.6. The van der Waals surface area contributed by atoms with Crippen LogP contribution in [0.15, 0.2) is 24.3 Å². The zero-order chi connectivity index (χ0) is 17.7. The summed E-state index contributed by atoms with van der Waals surface area (Å²) in [6.07, 6.45) is 11.3. The first kappa shape index (κ1) is 16.6. The molecule has 0 radical (unpaired) electrons. The normalized spacial score (nSPS) is 38.7. The van der Waals surface area contributed by atoms with Crippen molar-refractivity contribution < 1.29 is 9.53 Å². The van der Waals surface area contributed by atoms with Crippen molar-refractivity contribution in [2.75, 3.05) is 13.7 Å². The molecule has 3 nitrogen and oxygen atoms in total. The van der Waals surface area contributed by atoms with Gasteiger partial charge in [-0.2, -0.15) is 0 Å². The molecule has 1 saturated heterocycles. The van der Waals surface area contributed by atoms with E-state index in [9.17, 15) is 4.79 Å². The molecule has 26 heavy (non-hydrogen) atoms. The number of nitrogens with zero attached hydrogens (tertiary/aromatic N) is 1. The van der Waals surface area contributed by atoms with Crippen LogP contribution in [0.25, 0.3) is 0 Å². The van der Waals surface area contributed by atoms with Crippen LogP contribution in [0.3, 0.4) is 0 Å². The SMILES string of the molecule is COc1ccccc1CC1CCN(C23CCCC4CC(CC4C2)C3)C1=O. The maximum Gasteiger partial charge on any atom is 0.226 e. The van der Waals surface area contributed by atoms with Crippen LogP contribution in [-0.4, -0.2) is 30.0 Å². The zero-order valence-electron chi connectivity index (χ0n) is 16.0. The Bertz CT molecular complexity index is 701. The van der Waals surface area contributed by atoms with Crippen molar-refractivity contribution >= 4 is 5.91 Å². The van der Waals surface area contributed by atoms with E-state index in [1.807, 2.05) is 12.1 Å². The Kier molecular flexibility index (Phi) is 4.02. The summed E-state index contributed by atoms with van der Waals surface area (Å²) in [5, 5.41) is 0. The number of hydrogen-bond acceptors (Lipinski definition) is 2. The summed E-state index contributed by atoms with van der Waals surface area (Å²) in [6.45, 7) is 0.975. The van der Waals surface area contributed by atoms with Crippen LogP contribution in [0.2, 0.25) is 0 Å². The average Bonchev–Trinajstić information content (AvgIpc) is 3.11. The van der Waals surface area contributed by atoms with E-state index in [2.05, 4.69) is 17.0 Å². The highest BCUT2D eigenvalue weighted by atomic mass is 16.5. The van der Waals surface area contributed by atoms with Crippen molar-refractivity contribution in [1.82, 2.24) is 4.90 Å². The lowest BCUT2D eigenvalue weighted by molar-refractivity contribution is -0.139. The second-order valence-electron chi connectivity index (χ2n) is 9.37. The number of methoxy groups -OCH3 is 1. The lowest BCUT2D eigenvalue weighted by atomic mass is 9.72. The molecule has 1 aromatic rings. The maximum atomic E-state index is 13.4.